The van der Waals surface area contributed by atoms with Crippen LogP contribution in [0, 0.1) is 6.92 Å². The Morgan fingerprint density at radius 1 is 1.33 bits per heavy atom. The summed E-state index contributed by atoms with van der Waals surface area (Å²) in [6, 6.07) is 7.13. The number of nitrogens with zero attached hydrogens (tertiary/aromatic N) is 2. The van der Waals surface area contributed by atoms with E-state index in [1.165, 1.54) is 0 Å². The Morgan fingerprint density at radius 2 is 1.90 bits per heavy atom. The average Bonchev–Trinajstić information content (AvgIpc) is 2.79. The van der Waals surface area contributed by atoms with E-state index in [1.54, 1.807) is 23.5 Å². The van der Waals surface area contributed by atoms with Crippen molar-refractivity contribution >= 4 is 17.3 Å². The first-order valence-corrected chi connectivity index (χ1v) is 7.19. The number of carboxylic acids is 1. The standard InChI is InChI=1S/C15H18N2O2S.Li.H/c1-9(17(3)4)14-16-13(10(2)20-14)11-5-7-12(8-6-11)15(18)19;;/h5-9H,1-4H3,(H,18,19);;/q;+1;-1/t9-;;/m0../s1. The third kappa shape index (κ3) is 3.95. The number of aromatic carboxylic acids is 1. The van der Waals surface area contributed by atoms with Gasteiger partial charge in [0.2, 0.25) is 0 Å². The van der Waals surface area contributed by atoms with Crippen molar-refractivity contribution in [3.05, 3.63) is 39.7 Å². The molecule has 0 unspecified atom stereocenters. The van der Waals surface area contributed by atoms with Gasteiger partial charge in [0.1, 0.15) is 5.01 Å². The van der Waals surface area contributed by atoms with Crippen molar-refractivity contribution < 1.29 is 30.2 Å². The van der Waals surface area contributed by atoms with Gasteiger partial charge in [0, 0.05) is 10.4 Å². The molecule has 0 amide bonds. The fourth-order valence-corrected chi connectivity index (χ4v) is 2.95. The molecule has 0 saturated carbocycles. The van der Waals surface area contributed by atoms with Crippen LogP contribution < -0.4 is 18.9 Å². The Bertz CT molecular complexity index is 629. The van der Waals surface area contributed by atoms with Crippen LogP contribution in [0.3, 0.4) is 0 Å². The van der Waals surface area contributed by atoms with Crippen molar-refractivity contribution in [1.82, 2.24) is 9.88 Å². The number of aryl methyl sites for hydroxylation is 1. The fraction of sp³-hybridized carbons (Fsp3) is 0.333. The van der Waals surface area contributed by atoms with Gasteiger partial charge < -0.3 is 11.4 Å². The minimum absolute atomic E-state index is 0. The van der Waals surface area contributed by atoms with Gasteiger partial charge >= 0.3 is 24.8 Å². The summed E-state index contributed by atoms with van der Waals surface area (Å²) in [7, 11) is 4.06. The van der Waals surface area contributed by atoms with E-state index >= 15 is 0 Å². The molecule has 1 aromatic carbocycles. The Labute approximate surface area is 142 Å². The summed E-state index contributed by atoms with van der Waals surface area (Å²) in [6.45, 7) is 4.17. The topological polar surface area (TPSA) is 53.4 Å². The number of hydrogen-bond donors (Lipinski definition) is 1. The van der Waals surface area contributed by atoms with Crippen LogP contribution in [0.25, 0.3) is 11.3 Å². The third-order valence-corrected chi connectivity index (χ3v) is 4.49. The molecular weight excluding hydrogens is 279 g/mol. The van der Waals surface area contributed by atoms with Gasteiger partial charge in [-0.05, 0) is 40.1 Å². The van der Waals surface area contributed by atoms with Gasteiger partial charge in [0.15, 0.2) is 0 Å². The molecule has 2 rings (SSSR count). The van der Waals surface area contributed by atoms with Crippen LogP contribution >= 0.6 is 11.3 Å². The first-order valence-electron chi connectivity index (χ1n) is 6.37. The summed E-state index contributed by atoms with van der Waals surface area (Å²) in [5, 5.41) is 9.99. The van der Waals surface area contributed by atoms with E-state index in [0.29, 0.717) is 5.56 Å². The van der Waals surface area contributed by atoms with Gasteiger partial charge in [0.05, 0.1) is 17.3 Å². The Balaban J connectivity index is 0.00000220. The molecule has 0 fully saturated rings. The van der Waals surface area contributed by atoms with E-state index < -0.39 is 5.97 Å². The van der Waals surface area contributed by atoms with Crippen molar-refractivity contribution in [2.75, 3.05) is 14.1 Å². The molecule has 0 saturated heterocycles. The average molecular weight is 298 g/mol. The summed E-state index contributed by atoms with van der Waals surface area (Å²) in [6.07, 6.45) is 0. The maximum absolute atomic E-state index is 10.9. The summed E-state index contributed by atoms with van der Waals surface area (Å²) >= 11 is 1.69. The number of carboxylic acid groups (broad SMARTS) is 1. The van der Waals surface area contributed by atoms with Crippen molar-refractivity contribution in [1.29, 1.82) is 0 Å². The van der Waals surface area contributed by atoms with Crippen LogP contribution in [0.2, 0.25) is 0 Å². The predicted octanol–water partition coefficient (Wildman–Crippen LogP) is 0.556. The van der Waals surface area contributed by atoms with Crippen LogP contribution in [0.1, 0.15) is 34.6 Å². The van der Waals surface area contributed by atoms with E-state index in [1.807, 2.05) is 33.2 Å². The quantitative estimate of drug-likeness (QED) is 0.838. The van der Waals surface area contributed by atoms with Gasteiger partial charge in [0.25, 0.3) is 0 Å². The molecule has 4 nitrogen and oxygen atoms in total. The van der Waals surface area contributed by atoms with Crippen LogP contribution in [0.4, 0.5) is 0 Å². The van der Waals surface area contributed by atoms with Crippen molar-refractivity contribution in [3.63, 3.8) is 0 Å². The Morgan fingerprint density at radius 3 is 2.38 bits per heavy atom. The molecule has 0 aliphatic heterocycles. The monoisotopic (exact) mass is 298 g/mol. The zero-order chi connectivity index (χ0) is 14.9. The first kappa shape index (κ1) is 17.9. The molecule has 0 spiro atoms. The molecule has 108 valence electrons. The number of rotatable bonds is 4. The zero-order valence-corrected chi connectivity index (χ0v) is 13.9. The smallest absolute Gasteiger partial charge is 1.00 e. The molecule has 1 aromatic heterocycles. The van der Waals surface area contributed by atoms with E-state index in [-0.39, 0.29) is 26.3 Å². The minimum Gasteiger partial charge on any atom is -1.00 e. The second-order valence-corrected chi connectivity index (χ2v) is 6.21. The maximum Gasteiger partial charge on any atom is 1.00 e. The van der Waals surface area contributed by atoms with E-state index in [9.17, 15) is 4.79 Å². The van der Waals surface area contributed by atoms with Crippen LogP contribution in [-0.2, 0) is 0 Å². The second kappa shape index (κ2) is 7.23. The summed E-state index contributed by atoms with van der Waals surface area (Å²) in [5.41, 5.74) is 2.19. The van der Waals surface area contributed by atoms with Crippen LogP contribution in [0.5, 0.6) is 0 Å². The number of benzene rings is 1. The molecule has 2 aromatic rings. The second-order valence-electron chi connectivity index (χ2n) is 4.98. The van der Waals surface area contributed by atoms with Crippen LogP contribution in [-0.4, -0.2) is 35.1 Å². The summed E-state index contributed by atoms with van der Waals surface area (Å²) < 4.78 is 0. The number of carbonyl (C=O) groups is 1. The first-order chi connectivity index (χ1) is 9.40. The largest absolute Gasteiger partial charge is 1.00 e. The Kier molecular flexibility index (Phi) is 6.18. The number of hydrogen-bond acceptors (Lipinski definition) is 4. The van der Waals surface area contributed by atoms with Gasteiger partial charge in [-0.1, -0.05) is 12.1 Å². The normalized spacial score (nSPS) is 12.0. The molecule has 1 N–H and O–H groups in total. The van der Waals surface area contributed by atoms with Gasteiger partial charge in [-0.15, -0.1) is 11.3 Å². The van der Waals surface area contributed by atoms with Gasteiger partial charge in [-0.3, -0.25) is 0 Å². The van der Waals surface area contributed by atoms with E-state index in [2.05, 4.69) is 11.8 Å². The summed E-state index contributed by atoms with van der Waals surface area (Å²) in [4.78, 5) is 18.8. The van der Waals surface area contributed by atoms with Gasteiger partial charge in [-0.2, -0.15) is 0 Å². The van der Waals surface area contributed by atoms with Crippen molar-refractivity contribution in [3.8, 4) is 11.3 Å². The number of thiazole rings is 1. The van der Waals surface area contributed by atoms with Crippen molar-refractivity contribution in [2.24, 2.45) is 0 Å². The molecule has 0 radical (unpaired) electrons. The zero-order valence-electron chi connectivity index (χ0n) is 14.0. The molecule has 0 aliphatic rings. The van der Waals surface area contributed by atoms with Gasteiger partial charge in [-0.25, -0.2) is 9.78 Å². The molecule has 1 heterocycles. The molecule has 6 heteroatoms. The maximum atomic E-state index is 10.9. The molecule has 21 heavy (non-hydrogen) atoms. The van der Waals surface area contributed by atoms with E-state index in [4.69, 9.17) is 10.1 Å². The van der Waals surface area contributed by atoms with E-state index in [0.717, 1.165) is 21.1 Å². The molecule has 1 atom stereocenters. The van der Waals surface area contributed by atoms with Crippen LogP contribution in [0.15, 0.2) is 24.3 Å². The SMILES string of the molecule is Cc1sc([C@H](C)N(C)C)nc1-c1ccc(C(=O)O)cc1.[H-].[Li+]. The fourth-order valence-electron chi connectivity index (χ4n) is 1.85. The minimum atomic E-state index is -0.909. The van der Waals surface area contributed by atoms with Crippen molar-refractivity contribution in [2.45, 2.75) is 19.9 Å². The molecule has 0 bridgehead atoms. The Hall–Kier alpha value is -1.12. The predicted molar refractivity (Wildman–Crippen MR) is 82.5 cm³/mol. The molecule has 0 aliphatic carbocycles. The molecular formula is C15H19LiN2O2S. The number of aromatic nitrogens is 1. The third-order valence-electron chi connectivity index (χ3n) is 3.35. The summed E-state index contributed by atoms with van der Waals surface area (Å²) in [5.74, 6) is -0.909.